The highest BCUT2D eigenvalue weighted by molar-refractivity contribution is 5.76. The molecule has 0 aliphatic carbocycles. The quantitative estimate of drug-likeness (QED) is 0.0320. The Hall–Kier alpha value is -1.40. The molecule has 0 radical (unpaired) electrons. The number of carbonyl (C=O) groups is 2. The third-order valence-electron chi connectivity index (χ3n) is 16.8. The molecule has 0 aliphatic heterocycles. The van der Waals surface area contributed by atoms with E-state index in [0.717, 1.165) is 38.5 Å². The summed E-state index contributed by atoms with van der Waals surface area (Å²) in [5, 5.41) is 23.3. The van der Waals surface area contributed by atoms with Crippen LogP contribution in [0.4, 0.5) is 0 Å². The van der Waals surface area contributed by atoms with Gasteiger partial charge in [-0.05, 0) is 32.1 Å². The van der Waals surface area contributed by atoms with Crippen molar-refractivity contribution in [3.8, 4) is 0 Å². The van der Waals surface area contributed by atoms with Gasteiger partial charge in [0.1, 0.15) is 0 Å². The lowest BCUT2D eigenvalue weighted by Crippen LogP contribution is -2.45. The van der Waals surface area contributed by atoms with Crippen LogP contribution in [-0.2, 0) is 14.3 Å². The minimum atomic E-state index is -0.844. The van der Waals surface area contributed by atoms with Crippen molar-refractivity contribution in [2.24, 2.45) is 0 Å². The van der Waals surface area contributed by atoms with Gasteiger partial charge in [0, 0.05) is 12.8 Å². The number of hydrogen-bond donors (Lipinski definition) is 3. The predicted molar refractivity (Wildman–Crippen MR) is 338 cm³/mol. The summed E-state index contributed by atoms with van der Waals surface area (Å²) in [7, 11) is 0. The van der Waals surface area contributed by atoms with Crippen LogP contribution in [-0.4, -0.2) is 47.4 Å². The molecule has 3 N–H and O–H groups in total. The summed E-state index contributed by atoms with van der Waals surface area (Å²) in [5.41, 5.74) is 0. The molecule has 0 aliphatic rings. The smallest absolute Gasteiger partial charge is 0.305 e. The predicted octanol–water partition coefficient (Wildman–Crippen LogP) is 22.8. The molecule has 0 fully saturated rings. The summed E-state index contributed by atoms with van der Waals surface area (Å²) >= 11 is 0. The van der Waals surface area contributed by atoms with Gasteiger partial charge in [-0.15, -0.1) is 0 Å². The number of aliphatic hydroxyl groups excluding tert-OH is 2. The van der Waals surface area contributed by atoms with Gasteiger partial charge in [-0.1, -0.05) is 373 Å². The van der Waals surface area contributed by atoms with Crippen LogP contribution in [0.2, 0.25) is 0 Å². The first-order valence-corrected chi connectivity index (χ1v) is 35.5. The van der Waals surface area contributed by atoms with Crippen molar-refractivity contribution in [2.75, 3.05) is 13.2 Å². The van der Waals surface area contributed by atoms with Crippen LogP contribution < -0.4 is 5.32 Å². The van der Waals surface area contributed by atoms with Gasteiger partial charge in [-0.2, -0.15) is 0 Å². The first-order valence-electron chi connectivity index (χ1n) is 35.5. The zero-order valence-corrected chi connectivity index (χ0v) is 52.5. The van der Waals surface area contributed by atoms with E-state index in [-0.39, 0.29) is 18.5 Å². The molecule has 0 aromatic heterocycles. The Labute approximate surface area is 482 Å². The highest BCUT2D eigenvalue weighted by Gasteiger charge is 2.18. The zero-order chi connectivity index (χ0) is 55.7. The van der Waals surface area contributed by atoms with E-state index in [0.29, 0.717) is 19.4 Å². The molecule has 2 atom stereocenters. The van der Waals surface area contributed by atoms with Crippen molar-refractivity contribution in [1.29, 1.82) is 0 Å². The molecule has 6 heteroatoms. The molecule has 0 rings (SSSR count). The van der Waals surface area contributed by atoms with Crippen LogP contribution in [0.15, 0.2) is 12.2 Å². The molecule has 77 heavy (non-hydrogen) atoms. The maximum atomic E-state index is 12.5. The highest BCUT2D eigenvalue weighted by atomic mass is 16.5. The fraction of sp³-hybridized carbons (Fsp3) is 0.944. The van der Waals surface area contributed by atoms with E-state index in [2.05, 4.69) is 19.2 Å². The van der Waals surface area contributed by atoms with Gasteiger partial charge in [0.15, 0.2) is 0 Å². The number of esters is 1. The SMILES string of the molecule is CCCCCCCCCCCCCCCCCCCCC/C=C/C(O)C(CO)NC(=O)CCCCCCCCCCCCCCCCCCCCCCCCCCOC(=O)CCCCCCCCCCCCCCCCC. The average molecular weight is 1090 g/mol. The first-order chi connectivity index (χ1) is 38.0. The first kappa shape index (κ1) is 75.6. The van der Waals surface area contributed by atoms with Crippen molar-refractivity contribution in [3.05, 3.63) is 12.2 Å². The van der Waals surface area contributed by atoms with Gasteiger partial charge in [0.2, 0.25) is 5.91 Å². The molecule has 1 amide bonds. The van der Waals surface area contributed by atoms with Crippen LogP contribution >= 0.6 is 0 Å². The normalized spacial score (nSPS) is 12.5. The Morgan fingerprint density at radius 3 is 0.883 bits per heavy atom. The van der Waals surface area contributed by atoms with Crippen molar-refractivity contribution in [1.82, 2.24) is 5.32 Å². The molecule has 458 valence electrons. The fourth-order valence-corrected chi connectivity index (χ4v) is 11.4. The average Bonchev–Trinajstić information content (AvgIpc) is 3.43. The molecule has 0 spiro atoms. The standard InChI is InChI=1S/C71H139NO5/c1-3-5-7-9-11-13-15-17-19-20-21-26-29-32-36-39-43-47-51-55-59-63-69(74)68(67-73)72-70(75)64-60-56-52-48-44-40-37-33-30-27-24-22-23-25-28-31-34-38-42-46-50-54-58-62-66-77-71(76)65-61-57-53-49-45-41-35-18-16-14-12-10-8-6-4-2/h59,63,68-69,73-74H,3-58,60-62,64-67H2,1-2H3,(H,72,75)/b63-59+. The molecular weight excluding hydrogens is 947 g/mol. The van der Waals surface area contributed by atoms with Crippen molar-refractivity contribution >= 4 is 11.9 Å². The van der Waals surface area contributed by atoms with Crippen molar-refractivity contribution < 1.29 is 24.5 Å². The number of carbonyl (C=O) groups excluding carboxylic acids is 2. The van der Waals surface area contributed by atoms with E-state index in [4.69, 9.17) is 4.74 Å². The van der Waals surface area contributed by atoms with E-state index in [9.17, 15) is 19.8 Å². The van der Waals surface area contributed by atoms with Gasteiger partial charge in [-0.25, -0.2) is 0 Å². The molecule has 0 saturated heterocycles. The lowest BCUT2D eigenvalue weighted by Gasteiger charge is -2.20. The second-order valence-electron chi connectivity index (χ2n) is 24.6. The molecular formula is C71H139NO5. The second-order valence-corrected chi connectivity index (χ2v) is 24.6. The zero-order valence-electron chi connectivity index (χ0n) is 52.5. The second kappa shape index (κ2) is 67.1. The molecule has 2 unspecified atom stereocenters. The maximum absolute atomic E-state index is 12.5. The number of unbranched alkanes of at least 4 members (excludes halogenated alkanes) is 56. The Morgan fingerprint density at radius 2 is 0.597 bits per heavy atom. The van der Waals surface area contributed by atoms with Gasteiger partial charge in [-0.3, -0.25) is 9.59 Å². The maximum Gasteiger partial charge on any atom is 0.305 e. The van der Waals surface area contributed by atoms with E-state index in [1.165, 1.54) is 340 Å². The van der Waals surface area contributed by atoms with Crippen LogP contribution in [0.5, 0.6) is 0 Å². The largest absolute Gasteiger partial charge is 0.466 e. The van der Waals surface area contributed by atoms with Crippen molar-refractivity contribution in [3.63, 3.8) is 0 Å². The molecule has 6 nitrogen and oxygen atoms in total. The summed E-state index contributed by atoms with van der Waals surface area (Å²) in [6.07, 6.45) is 82.9. The summed E-state index contributed by atoms with van der Waals surface area (Å²) in [4.78, 5) is 24.6. The molecule has 0 bridgehead atoms. The van der Waals surface area contributed by atoms with E-state index in [1.54, 1.807) is 6.08 Å². The van der Waals surface area contributed by atoms with E-state index in [1.807, 2.05) is 6.08 Å². The van der Waals surface area contributed by atoms with Crippen LogP contribution in [0.25, 0.3) is 0 Å². The lowest BCUT2D eigenvalue weighted by molar-refractivity contribution is -0.143. The van der Waals surface area contributed by atoms with Crippen LogP contribution in [0, 0.1) is 0 Å². The van der Waals surface area contributed by atoms with E-state index < -0.39 is 12.1 Å². The summed E-state index contributed by atoms with van der Waals surface area (Å²) in [6, 6.07) is -0.627. The number of nitrogens with one attached hydrogen (secondary N) is 1. The van der Waals surface area contributed by atoms with Gasteiger partial charge in [0.05, 0.1) is 25.4 Å². The third kappa shape index (κ3) is 63.6. The highest BCUT2D eigenvalue weighted by Crippen LogP contribution is 2.19. The number of amides is 1. The molecule has 0 heterocycles. The number of aliphatic hydroxyl groups is 2. The monoisotopic (exact) mass is 1090 g/mol. The topological polar surface area (TPSA) is 95.9 Å². The Bertz CT molecular complexity index is 1160. The minimum Gasteiger partial charge on any atom is -0.466 e. The number of rotatable bonds is 67. The number of hydrogen-bond acceptors (Lipinski definition) is 5. The van der Waals surface area contributed by atoms with E-state index >= 15 is 0 Å². The molecule has 0 saturated carbocycles. The lowest BCUT2D eigenvalue weighted by atomic mass is 10.0. The van der Waals surface area contributed by atoms with Gasteiger partial charge >= 0.3 is 5.97 Å². The van der Waals surface area contributed by atoms with Gasteiger partial charge < -0.3 is 20.3 Å². The van der Waals surface area contributed by atoms with Crippen molar-refractivity contribution in [2.45, 2.75) is 418 Å². The summed E-state index contributed by atoms with van der Waals surface area (Å²) in [5.74, 6) is -0.0431. The van der Waals surface area contributed by atoms with Crippen LogP contribution in [0.3, 0.4) is 0 Å². The molecule has 0 aromatic carbocycles. The third-order valence-corrected chi connectivity index (χ3v) is 16.8. The minimum absolute atomic E-state index is 0.0190. The molecule has 0 aromatic rings. The van der Waals surface area contributed by atoms with Gasteiger partial charge in [0.25, 0.3) is 0 Å². The summed E-state index contributed by atoms with van der Waals surface area (Å²) in [6.45, 7) is 4.95. The Kier molecular flexibility index (Phi) is 65.9. The Morgan fingerprint density at radius 1 is 0.351 bits per heavy atom. The van der Waals surface area contributed by atoms with Crippen LogP contribution in [0.1, 0.15) is 406 Å². The number of allylic oxidation sites excluding steroid dienone is 1. The fourth-order valence-electron chi connectivity index (χ4n) is 11.4. The summed E-state index contributed by atoms with van der Waals surface area (Å²) < 4.78 is 5.50. The number of ether oxygens (including phenoxy) is 1. The Balaban J connectivity index is 3.38.